The van der Waals surface area contributed by atoms with Crippen LogP contribution >= 0.6 is 15.8 Å². The van der Waals surface area contributed by atoms with E-state index < -0.39 is 7.92 Å². The standard InChI is InChI=1S/C23H31O2P2/c1-17(27(22(2,3)4)23(5,6)7)18-11-8-12-19(18)26(20-13-9-15-24-20)21-14-10-16-25-21/h8-17H,1-7H3. The summed E-state index contributed by atoms with van der Waals surface area (Å²) in [7, 11) is -1.07. The Morgan fingerprint density at radius 2 is 1.37 bits per heavy atom. The Balaban J connectivity index is 1.99. The first-order valence-corrected chi connectivity index (χ1v) is 12.3. The Morgan fingerprint density at radius 1 is 0.852 bits per heavy atom. The Morgan fingerprint density at radius 3 is 1.78 bits per heavy atom. The zero-order valence-electron chi connectivity index (χ0n) is 17.5. The number of furan rings is 2. The van der Waals surface area contributed by atoms with Crippen molar-refractivity contribution in [2.24, 2.45) is 0 Å². The molecule has 4 heteroatoms. The quantitative estimate of drug-likeness (QED) is 0.515. The molecule has 0 fully saturated rings. The van der Waals surface area contributed by atoms with E-state index in [1.807, 2.05) is 12.1 Å². The SMILES string of the molecule is CC([C]1C=CC=C1P(c1ccco1)c1ccco1)P(C(C)(C)C)C(C)(C)C. The van der Waals surface area contributed by atoms with Crippen LogP contribution in [0.1, 0.15) is 48.5 Å². The third-order valence-corrected chi connectivity index (χ3v) is 11.0. The normalized spacial score (nSPS) is 17.1. The van der Waals surface area contributed by atoms with E-state index in [9.17, 15) is 0 Å². The molecule has 0 aliphatic heterocycles. The van der Waals surface area contributed by atoms with Gasteiger partial charge in [0.05, 0.1) is 20.4 Å². The van der Waals surface area contributed by atoms with Crippen LogP contribution in [0.4, 0.5) is 0 Å². The molecule has 3 rings (SSSR count). The molecule has 27 heavy (non-hydrogen) atoms. The Kier molecular flexibility index (Phi) is 5.90. The van der Waals surface area contributed by atoms with Crippen molar-refractivity contribution in [3.8, 4) is 0 Å². The second-order valence-corrected chi connectivity index (χ2v) is 15.2. The Labute approximate surface area is 166 Å². The summed E-state index contributed by atoms with van der Waals surface area (Å²) in [5.41, 5.74) is 2.49. The fraction of sp³-hybridized carbons (Fsp3) is 0.435. The summed E-state index contributed by atoms with van der Waals surface area (Å²) in [6.07, 6.45) is 10.3. The molecule has 0 bridgehead atoms. The maximum Gasteiger partial charge on any atom is 0.137 e. The number of hydrogen-bond donors (Lipinski definition) is 0. The van der Waals surface area contributed by atoms with E-state index in [4.69, 9.17) is 8.83 Å². The van der Waals surface area contributed by atoms with E-state index in [-0.39, 0.29) is 18.2 Å². The molecule has 1 aliphatic rings. The highest BCUT2D eigenvalue weighted by Gasteiger charge is 2.43. The minimum atomic E-state index is -0.808. The van der Waals surface area contributed by atoms with E-state index in [1.54, 1.807) is 12.5 Å². The first kappa shape index (κ1) is 20.6. The number of rotatable bonds is 5. The third kappa shape index (κ3) is 4.33. The lowest BCUT2D eigenvalue weighted by molar-refractivity contribution is 0.593. The van der Waals surface area contributed by atoms with Gasteiger partial charge in [-0.2, -0.15) is 0 Å². The van der Waals surface area contributed by atoms with Crippen molar-refractivity contribution >= 4 is 26.8 Å². The van der Waals surface area contributed by atoms with Gasteiger partial charge in [0, 0.05) is 5.92 Å². The Bertz CT molecular complexity index is 738. The molecular formula is C23H31O2P2. The molecule has 0 aromatic carbocycles. The van der Waals surface area contributed by atoms with Gasteiger partial charge in [-0.05, 0) is 45.6 Å². The van der Waals surface area contributed by atoms with Crippen molar-refractivity contribution in [1.29, 1.82) is 0 Å². The Hall–Kier alpha value is -1.10. The molecule has 145 valence electrons. The van der Waals surface area contributed by atoms with Gasteiger partial charge in [0.25, 0.3) is 0 Å². The zero-order valence-corrected chi connectivity index (χ0v) is 19.3. The average molecular weight is 401 g/mol. The van der Waals surface area contributed by atoms with E-state index in [2.05, 4.69) is 78.8 Å². The fourth-order valence-electron chi connectivity index (χ4n) is 4.43. The molecule has 1 radical (unpaired) electrons. The maximum absolute atomic E-state index is 5.85. The van der Waals surface area contributed by atoms with Crippen LogP contribution in [0.25, 0.3) is 0 Å². The lowest BCUT2D eigenvalue weighted by atomic mass is 10.1. The molecule has 2 aromatic heterocycles. The predicted molar refractivity (Wildman–Crippen MR) is 120 cm³/mol. The summed E-state index contributed by atoms with van der Waals surface area (Å²) in [6.45, 7) is 16.8. The molecule has 1 unspecified atom stereocenters. The molecule has 0 amide bonds. The minimum Gasteiger partial charge on any atom is -0.464 e. The summed E-state index contributed by atoms with van der Waals surface area (Å²) in [5, 5.41) is 1.92. The molecule has 2 heterocycles. The van der Waals surface area contributed by atoms with Gasteiger partial charge in [-0.3, -0.25) is 0 Å². The van der Waals surface area contributed by atoms with Gasteiger partial charge in [0.15, 0.2) is 0 Å². The lowest BCUT2D eigenvalue weighted by Crippen LogP contribution is -2.33. The van der Waals surface area contributed by atoms with Crippen LogP contribution in [0.15, 0.2) is 69.2 Å². The van der Waals surface area contributed by atoms with E-state index >= 15 is 0 Å². The molecule has 0 saturated heterocycles. The second kappa shape index (κ2) is 7.73. The number of hydrogen-bond acceptors (Lipinski definition) is 2. The van der Waals surface area contributed by atoms with Crippen LogP contribution in [0.2, 0.25) is 0 Å². The molecule has 2 nitrogen and oxygen atoms in total. The van der Waals surface area contributed by atoms with E-state index in [1.165, 1.54) is 11.2 Å². The average Bonchev–Trinajstić information content (AvgIpc) is 3.28. The van der Waals surface area contributed by atoms with Gasteiger partial charge < -0.3 is 8.83 Å². The van der Waals surface area contributed by atoms with Crippen LogP contribution in [0.5, 0.6) is 0 Å². The van der Waals surface area contributed by atoms with E-state index in [0.29, 0.717) is 5.66 Å². The topological polar surface area (TPSA) is 26.3 Å². The van der Waals surface area contributed by atoms with Crippen LogP contribution < -0.4 is 11.0 Å². The highest BCUT2D eigenvalue weighted by atomic mass is 31.1. The van der Waals surface area contributed by atoms with Gasteiger partial charge in [0.2, 0.25) is 0 Å². The molecule has 0 spiro atoms. The van der Waals surface area contributed by atoms with Crippen LogP contribution in [0.3, 0.4) is 0 Å². The summed E-state index contributed by atoms with van der Waals surface area (Å²) < 4.78 is 11.7. The molecule has 2 aromatic rings. The van der Waals surface area contributed by atoms with Crippen LogP contribution in [0, 0.1) is 5.92 Å². The molecular weight excluding hydrogens is 370 g/mol. The summed E-state index contributed by atoms with van der Waals surface area (Å²) in [5.74, 6) is 1.45. The van der Waals surface area contributed by atoms with Gasteiger partial charge in [-0.1, -0.05) is 74.6 Å². The summed E-state index contributed by atoms with van der Waals surface area (Å²) in [4.78, 5) is 0. The monoisotopic (exact) mass is 401 g/mol. The molecule has 0 saturated carbocycles. The first-order valence-electron chi connectivity index (χ1n) is 9.53. The van der Waals surface area contributed by atoms with Crippen molar-refractivity contribution in [3.63, 3.8) is 0 Å². The number of allylic oxidation sites excluding steroid dienone is 4. The highest BCUT2D eigenvalue weighted by Crippen LogP contribution is 2.67. The van der Waals surface area contributed by atoms with Gasteiger partial charge in [0.1, 0.15) is 11.0 Å². The van der Waals surface area contributed by atoms with Gasteiger partial charge in [-0.25, -0.2) is 0 Å². The largest absolute Gasteiger partial charge is 0.464 e. The van der Waals surface area contributed by atoms with Gasteiger partial charge >= 0.3 is 0 Å². The van der Waals surface area contributed by atoms with Crippen LogP contribution in [-0.4, -0.2) is 16.0 Å². The minimum absolute atomic E-state index is 0.261. The van der Waals surface area contributed by atoms with Crippen molar-refractivity contribution < 1.29 is 8.83 Å². The van der Waals surface area contributed by atoms with Crippen molar-refractivity contribution in [2.75, 3.05) is 0 Å². The van der Waals surface area contributed by atoms with Gasteiger partial charge in [-0.15, -0.1) is 0 Å². The van der Waals surface area contributed by atoms with Crippen molar-refractivity contribution in [3.05, 3.63) is 66.3 Å². The molecule has 1 aliphatic carbocycles. The third-order valence-electron chi connectivity index (χ3n) is 4.80. The maximum atomic E-state index is 5.85. The fourth-order valence-corrected chi connectivity index (χ4v) is 11.6. The zero-order chi connectivity index (χ0) is 19.8. The predicted octanol–water partition coefficient (Wildman–Crippen LogP) is 6.80. The molecule has 0 N–H and O–H groups in total. The van der Waals surface area contributed by atoms with Crippen molar-refractivity contribution in [2.45, 2.75) is 64.4 Å². The lowest BCUT2D eigenvalue weighted by Gasteiger charge is -2.47. The smallest absolute Gasteiger partial charge is 0.137 e. The van der Waals surface area contributed by atoms with Crippen LogP contribution in [-0.2, 0) is 0 Å². The first-order chi connectivity index (χ1) is 12.6. The molecule has 1 atom stereocenters. The second-order valence-electron chi connectivity index (χ2n) is 8.99. The highest BCUT2D eigenvalue weighted by molar-refractivity contribution is 7.76. The summed E-state index contributed by atoms with van der Waals surface area (Å²) in [6, 6.07) is 8.09. The van der Waals surface area contributed by atoms with E-state index in [0.717, 1.165) is 11.0 Å². The summed E-state index contributed by atoms with van der Waals surface area (Å²) >= 11 is 0. The van der Waals surface area contributed by atoms with Crippen molar-refractivity contribution in [1.82, 2.24) is 0 Å².